The number of rotatable bonds is 5. The minimum atomic E-state index is -0.214. The number of hydrogen-bond acceptors (Lipinski definition) is 2. The Morgan fingerprint density at radius 2 is 1.68 bits per heavy atom. The molecule has 0 atom stereocenters. The van der Waals surface area contributed by atoms with Crippen molar-refractivity contribution in [3.63, 3.8) is 0 Å². The molecular weight excluding hydrogens is 236 g/mol. The second-order valence-corrected chi connectivity index (χ2v) is 7.03. The lowest BCUT2D eigenvalue weighted by Gasteiger charge is -2.36. The van der Waals surface area contributed by atoms with E-state index in [0.29, 0.717) is 18.5 Å². The van der Waals surface area contributed by atoms with Gasteiger partial charge in [-0.25, -0.2) is 0 Å². The number of carbonyl (C=O) groups is 1. The highest BCUT2D eigenvalue weighted by molar-refractivity contribution is 5.83. The summed E-state index contributed by atoms with van der Waals surface area (Å²) in [4.78, 5) is 15.3. The third-order valence-electron chi connectivity index (χ3n) is 5.31. The second-order valence-electron chi connectivity index (χ2n) is 7.03. The average molecular weight is 264 g/mol. The van der Waals surface area contributed by atoms with Gasteiger partial charge in [0.25, 0.3) is 0 Å². The van der Waals surface area contributed by atoms with Crippen LogP contribution in [0.5, 0.6) is 0 Å². The molecule has 3 saturated carbocycles. The van der Waals surface area contributed by atoms with Crippen molar-refractivity contribution in [2.24, 2.45) is 17.1 Å². The van der Waals surface area contributed by atoms with Crippen LogP contribution >= 0.6 is 0 Å². The zero-order chi connectivity index (χ0) is 13.3. The molecule has 0 aromatic rings. The van der Waals surface area contributed by atoms with E-state index in [4.69, 9.17) is 5.73 Å². The minimum absolute atomic E-state index is 0.214. The first-order valence-electron chi connectivity index (χ1n) is 8.26. The van der Waals surface area contributed by atoms with Crippen LogP contribution in [-0.4, -0.2) is 29.9 Å². The molecule has 3 aliphatic rings. The van der Waals surface area contributed by atoms with E-state index in [1.165, 1.54) is 51.4 Å². The van der Waals surface area contributed by atoms with Gasteiger partial charge >= 0.3 is 0 Å². The van der Waals surface area contributed by atoms with E-state index in [0.717, 1.165) is 25.3 Å². The predicted molar refractivity (Wildman–Crippen MR) is 76.6 cm³/mol. The monoisotopic (exact) mass is 264 g/mol. The molecular formula is C16H28N2O. The van der Waals surface area contributed by atoms with Crippen LogP contribution in [0.1, 0.15) is 64.2 Å². The third kappa shape index (κ3) is 2.96. The van der Waals surface area contributed by atoms with Crippen molar-refractivity contribution in [2.75, 3.05) is 13.1 Å². The van der Waals surface area contributed by atoms with Gasteiger partial charge in [0.05, 0.1) is 5.41 Å². The maximum Gasteiger partial charge on any atom is 0.230 e. The van der Waals surface area contributed by atoms with Crippen molar-refractivity contribution >= 4 is 5.91 Å². The van der Waals surface area contributed by atoms with Crippen LogP contribution in [0.3, 0.4) is 0 Å². The molecule has 3 rings (SSSR count). The number of nitrogens with zero attached hydrogens (tertiary/aromatic N) is 1. The zero-order valence-corrected chi connectivity index (χ0v) is 12.1. The second kappa shape index (κ2) is 5.43. The molecule has 0 aliphatic heterocycles. The highest BCUT2D eigenvalue weighted by Crippen LogP contribution is 2.41. The number of carbonyl (C=O) groups excluding carboxylic acids is 1. The topological polar surface area (TPSA) is 46.3 Å². The lowest BCUT2D eigenvalue weighted by Crippen LogP contribution is -2.49. The Morgan fingerprint density at radius 3 is 2.16 bits per heavy atom. The summed E-state index contributed by atoms with van der Waals surface area (Å²) in [7, 11) is 0. The Hall–Kier alpha value is -0.570. The Balaban J connectivity index is 1.73. The molecule has 3 fully saturated rings. The van der Waals surface area contributed by atoms with Gasteiger partial charge in [0.15, 0.2) is 0 Å². The van der Waals surface area contributed by atoms with E-state index in [1.807, 2.05) is 0 Å². The SMILES string of the molecule is NCC1(C(=O)N(CC2CC2)C2CC2)CCCCCC1. The molecule has 1 amide bonds. The maximum absolute atomic E-state index is 13.1. The third-order valence-corrected chi connectivity index (χ3v) is 5.31. The molecule has 0 radical (unpaired) electrons. The fraction of sp³-hybridized carbons (Fsp3) is 0.938. The molecule has 3 heteroatoms. The van der Waals surface area contributed by atoms with Crippen molar-refractivity contribution in [3.05, 3.63) is 0 Å². The van der Waals surface area contributed by atoms with Crippen LogP contribution in [0.2, 0.25) is 0 Å². The summed E-state index contributed by atoms with van der Waals surface area (Å²) >= 11 is 0. The predicted octanol–water partition coefficient (Wildman–Crippen LogP) is 2.69. The van der Waals surface area contributed by atoms with E-state index in [2.05, 4.69) is 4.90 Å². The first-order valence-corrected chi connectivity index (χ1v) is 8.26. The number of nitrogens with two attached hydrogens (primary N) is 1. The Morgan fingerprint density at radius 1 is 1.05 bits per heavy atom. The molecule has 0 unspecified atom stereocenters. The van der Waals surface area contributed by atoms with E-state index in [-0.39, 0.29) is 5.41 Å². The van der Waals surface area contributed by atoms with Crippen LogP contribution < -0.4 is 5.73 Å². The van der Waals surface area contributed by atoms with Gasteiger partial charge in [0.2, 0.25) is 5.91 Å². The van der Waals surface area contributed by atoms with Gasteiger partial charge in [-0.3, -0.25) is 4.79 Å². The molecule has 19 heavy (non-hydrogen) atoms. The first-order chi connectivity index (χ1) is 9.25. The van der Waals surface area contributed by atoms with Crippen molar-refractivity contribution in [1.82, 2.24) is 4.90 Å². The van der Waals surface area contributed by atoms with Gasteiger partial charge in [-0.15, -0.1) is 0 Å². The molecule has 0 saturated heterocycles. The molecule has 3 aliphatic carbocycles. The molecule has 3 nitrogen and oxygen atoms in total. The molecule has 0 bridgehead atoms. The Bertz CT molecular complexity index is 326. The van der Waals surface area contributed by atoms with Crippen LogP contribution in [0.15, 0.2) is 0 Å². The minimum Gasteiger partial charge on any atom is -0.339 e. The smallest absolute Gasteiger partial charge is 0.230 e. The molecule has 0 spiro atoms. The van der Waals surface area contributed by atoms with Crippen LogP contribution in [0.4, 0.5) is 0 Å². The summed E-state index contributed by atoms with van der Waals surface area (Å²) in [5.74, 6) is 1.21. The van der Waals surface area contributed by atoms with E-state index >= 15 is 0 Å². The van der Waals surface area contributed by atoms with E-state index in [9.17, 15) is 4.79 Å². The van der Waals surface area contributed by atoms with Gasteiger partial charge < -0.3 is 10.6 Å². The fourth-order valence-electron chi connectivity index (χ4n) is 3.58. The largest absolute Gasteiger partial charge is 0.339 e. The number of hydrogen-bond donors (Lipinski definition) is 1. The van der Waals surface area contributed by atoms with Crippen LogP contribution in [0, 0.1) is 11.3 Å². The normalized spacial score (nSPS) is 26.8. The van der Waals surface area contributed by atoms with Gasteiger partial charge in [-0.1, -0.05) is 25.7 Å². The van der Waals surface area contributed by atoms with E-state index in [1.54, 1.807) is 0 Å². The summed E-state index contributed by atoms with van der Waals surface area (Å²) in [6.45, 7) is 1.57. The highest BCUT2D eigenvalue weighted by Gasteiger charge is 2.45. The lowest BCUT2D eigenvalue weighted by atomic mass is 9.79. The van der Waals surface area contributed by atoms with Gasteiger partial charge in [0.1, 0.15) is 0 Å². The molecule has 0 aromatic carbocycles. The average Bonchev–Trinajstić information content (AvgIpc) is 3.31. The van der Waals surface area contributed by atoms with Crippen LogP contribution in [0.25, 0.3) is 0 Å². The molecule has 0 aromatic heterocycles. The van der Waals surface area contributed by atoms with Crippen LogP contribution in [-0.2, 0) is 4.79 Å². The Labute approximate surface area is 116 Å². The van der Waals surface area contributed by atoms with Gasteiger partial charge in [-0.05, 0) is 44.4 Å². The van der Waals surface area contributed by atoms with Gasteiger partial charge in [-0.2, -0.15) is 0 Å². The first kappa shape index (κ1) is 13.4. The molecule has 0 heterocycles. The lowest BCUT2D eigenvalue weighted by molar-refractivity contribution is -0.143. The van der Waals surface area contributed by atoms with Gasteiger partial charge in [0, 0.05) is 19.1 Å². The maximum atomic E-state index is 13.1. The summed E-state index contributed by atoms with van der Waals surface area (Å²) in [5.41, 5.74) is 5.85. The van der Waals surface area contributed by atoms with Crippen molar-refractivity contribution in [2.45, 2.75) is 70.3 Å². The summed E-state index contributed by atoms with van der Waals surface area (Å²) in [5, 5.41) is 0. The quantitative estimate of drug-likeness (QED) is 0.776. The summed E-state index contributed by atoms with van der Waals surface area (Å²) < 4.78 is 0. The van der Waals surface area contributed by atoms with E-state index < -0.39 is 0 Å². The van der Waals surface area contributed by atoms with Crippen molar-refractivity contribution in [1.29, 1.82) is 0 Å². The van der Waals surface area contributed by atoms with Crippen molar-refractivity contribution in [3.8, 4) is 0 Å². The summed E-state index contributed by atoms with van der Waals surface area (Å²) in [6, 6.07) is 0.555. The standard InChI is InChI=1S/C16H28N2O/c17-12-16(9-3-1-2-4-10-16)15(19)18(14-7-8-14)11-13-5-6-13/h13-14H,1-12,17H2. The number of amides is 1. The fourth-order valence-corrected chi connectivity index (χ4v) is 3.58. The highest BCUT2D eigenvalue weighted by atomic mass is 16.2. The molecule has 108 valence electrons. The summed E-state index contributed by atoms with van der Waals surface area (Å²) in [6.07, 6.45) is 12.1. The zero-order valence-electron chi connectivity index (χ0n) is 12.1. The Kier molecular flexibility index (Phi) is 3.84. The molecule has 2 N–H and O–H groups in total. The van der Waals surface area contributed by atoms with Crippen molar-refractivity contribution < 1.29 is 4.79 Å².